The zero-order valence-corrected chi connectivity index (χ0v) is 16.1. The van der Waals surface area contributed by atoms with Gasteiger partial charge in [-0.05, 0) is 59.1 Å². The second kappa shape index (κ2) is 7.09. The summed E-state index contributed by atoms with van der Waals surface area (Å²) in [4.78, 5) is 16.8. The van der Waals surface area contributed by atoms with Crippen LogP contribution in [0.3, 0.4) is 0 Å². The number of hydrogen-bond donors (Lipinski definition) is 1. The molecule has 1 N–H and O–H groups in total. The van der Waals surface area contributed by atoms with Crippen LogP contribution in [0.5, 0.6) is 11.5 Å². The molecule has 0 saturated heterocycles. The average molecular weight is 384 g/mol. The second-order valence-corrected chi connectivity index (χ2v) is 7.21. The van der Waals surface area contributed by atoms with Crippen molar-refractivity contribution >= 4 is 5.91 Å². The van der Waals surface area contributed by atoms with Crippen molar-refractivity contribution in [1.82, 2.24) is 10.3 Å². The van der Waals surface area contributed by atoms with Crippen molar-refractivity contribution in [3.05, 3.63) is 99.9 Å². The third-order valence-corrected chi connectivity index (χ3v) is 5.34. The van der Waals surface area contributed by atoms with Gasteiger partial charge in [0.1, 0.15) is 18.1 Å². The lowest BCUT2D eigenvalue weighted by Crippen LogP contribution is -2.24. The van der Waals surface area contributed by atoms with Gasteiger partial charge in [0.05, 0.1) is 7.11 Å². The second-order valence-electron chi connectivity index (χ2n) is 7.21. The van der Waals surface area contributed by atoms with Gasteiger partial charge in [-0.1, -0.05) is 12.1 Å². The number of aromatic nitrogens is 1. The first-order valence-corrected chi connectivity index (χ1v) is 9.56. The van der Waals surface area contributed by atoms with Gasteiger partial charge >= 0.3 is 0 Å². The van der Waals surface area contributed by atoms with Crippen LogP contribution in [0.4, 0.5) is 0 Å². The average Bonchev–Trinajstić information content (AvgIpc) is 3.24. The topological polar surface area (TPSA) is 60.5 Å². The lowest BCUT2D eigenvalue weighted by molar-refractivity contribution is -0.117. The summed E-state index contributed by atoms with van der Waals surface area (Å²) in [5.74, 6) is 1.32. The van der Waals surface area contributed by atoms with E-state index in [1.54, 1.807) is 19.5 Å². The van der Waals surface area contributed by atoms with Crippen LogP contribution in [0.15, 0.2) is 88.8 Å². The van der Waals surface area contributed by atoms with E-state index in [0.29, 0.717) is 24.7 Å². The summed E-state index contributed by atoms with van der Waals surface area (Å²) in [7, 11) is 1.62. The zero-order chi connectivity index (χ0) is 19.8. The fraction of sp³-hybridized carbons (Fsp3) is 0.167. The largest absolute Gasteiger partial charge is 0.496 e. The molecule has 29 heavy (non-hydrogen) atoms. The van der Waals surface area contributed by atoms with Crippen molar-refractivity contribution in [3.8, 4) is 11.5 Å². The summed E-state index contributed by atoms with van der Waals surface area (Å²) in [6.07, 6.45) is 10.7. The molecule has 5 heteroatoms. The summed E-state index contributed by atoms with van der Waals surface area (Å²) < 4.78 is 11.3. The molecule has 5 nitrogen and oxygen atoms in total. The molecule has 1 aromatic heterocycles. The molecule has 1 aromatic carbocycles. The molecule has 1 amide bonds. The Morgan fingerprint density at radius 2 is 2.14 bits per heavy atom. The molecular formula is C24H20N2O3. The highest BCUT2D eigenvalue weighted by molar-refractivity contribution is 6.01. The van der Waals surface area contributed by atoms with Crippen LogP contribution in [-0.2, 0) is 17.9 Å². The summed E-state index contributed by atoms with van der Waals surface area (Å²) >= 11 is 0. The van der Waals surface area contributed by atoms with E-state index in [2.05, 4.69) is 16.4 Å². The molecule has 144 valence electrons. The van der Waals surface area contributed by atoms with Crippen molar-refractivity contribution in [1.29, 1.82) is 0 Å². The van der Waals surface area contributed by atoms with Crippen molar-refractivity contribution in [2.24, 2.45) is 0 Å². The third kappa shape index (κ3) is 3.36. The number of allylic oxidation sites excluding steroid dienone is 6. The number of carbonyl (C=O) groups excluding carboxylic acids is 1. The molecule has 0 bridgehead atoms. The number of pyridine rings is 1. The number of nitrogens with one attached hydrogen (secondary N) is 1. The van der Waals surface area contributed by atoms with Gasteiger partial charge in [0.15, 0.2) is 0 Å². The van der Waals surface area contributed by atoms with E-state index < -0.39 is 0 Å². The Morgan fingerprint density at radius 3 is 2.97 bits per heavy atom. The molecule has 3 aliphatic rings. The van der Waals surface area contributed by atoms with Crippen molar-refractivity contribution in [3.63, 3.8) is 0 Å². The third-order valence-electron chi connectivity index (χ3n) is 5.34. The molecule has 0 spiro atoms. The van der Waals surface area contributed by atoms with Crippen LogP contribution in [-0.4, -0.2) is 18.0 Å². The summed E-state index contributed by atoms with van der Waals surface area (Å²) in [5.41, 5.74) is 7.67. The van der Waals surface area contributed by atoms with E-state index in [9.17, 15) is 4.79 Å². The Labute approximate surface area is 169 Å². The van der Waals surface area contributed by atoms with Crippen molar-refractivity contribution < 1.29 is 14.3 Å². The molecule has 5 rings (SSSR count). The minimum absolute atomic E-state index is 0.0658. The van der Waals surface area contributed by atoms with Gasteiger partial charge in [-0.25, -0.2) is 0 Å². The van der Waals surface area contributed by atoms with Gasteiger partial charge in [0.2, 0.25) is 0 Å². The van der Waals surface area contributed by atoms with Crippen LogP contribution in [0, 0.1) is 0 Å². The summed E-state index contributed by atoms with van der Waals surface area (Å²) in [6, 6.07) is 9.49. The minimum Gasteiger partial charge on any atom is -0.496 e. The first kappa shape index (κ1) is 17.5. The first-order chi connectivity index (χ1) is 14.2. The molecular weight excluding hydrogens is 364 g/mol. The molecule has 2 aromatic rings. The number of nitrogens with zero attached hydrogens (tertiary/aromatic N) is 1. The van der Waals surface area contributed by atoms with Gasteiger partial charge < -0.3 is 14.8 Å². The molecule has 0 aliphatic heterocycles. The number of amides is 1. The smallest absolute Gasteiger partial charge is 0.252 e. The fourth-order valence-corrected chi connectivity index (χ4v) is 3.72. The maximum Gasteiger partial charge on any atom is 0.252 e. The van der Waals surface area contributed by atoms with E-state index in [1.807, 2.05) is 42.5 Å². The molecule has 0 unspecified atom stereocenters. The number of rotatable bonds is 7. The maximum atomic E-state index is 12.7. The van der Waals surface area contributed by atoms with Crippen LogP contribution >= 0.6 is 0 Å². The van der Waals surface area contributed by atoms with Crippen LogP contribution in [0.2, 0.25) is 0 Å². The van der Waals surface area contributed by atoms with E-state index in [1.165, 1.54) is 16.7 Å². The normalized spacial score (nSPS) is 15.8. The zero-order valence-electron chi connectivity index (χ0n) is 16.1. The van der Waals surface area contributed by atoms with Crippen LogP contribution < -0.4 is 14.8 Å². The Hall–Kier alpha value is -3.60. The SMILES string of the molecule is COc1cc(OCc2cccnc2)ccc1CNC(=O)C1=C2C=C3CC3=C2C=C1. The van der Waals surface area contributed by atoms with Gasteiger partial charge in [-0.2, -0.15) is 0 Å². The summed E-state index contributed by atoms with van der Waals surface area (Å²) in [5, 5.41) is 3.01. The standard InChI is InChI=1S/C24H20N2O3/c1-28-23-11-18(29-14-15-3-2-8-25-12-15)5-4-16(23)13-26-24(27)20-7-6-19-21-9-17(21)10-22(19)20/h2-8,10-12H,9,13-14H2,1H3,(H,26,27). The fourth-order valence-electron chi connectivity index (χ4n) is 3.72. The van der Waals surface area contributed by atoms with Gasteiger partial charge in [0, 0.05) is 41.7 Å². The highest BCUT2D eigenvalue weighted by Crippen LogP contribution is 2.51. The molecule has 1 heterocycles. The Kier molecular flexibility index (Phi) is 4.28. The lowest BCUT2D eigenvalue weighted by atomic mass is 10.1. The monoisotopic (exact) mass is 384 g/mol. The number of hydrogen-bond acceptors (Lipinski definition) is 4. The molecule has 0 atom stereocenters. The number of fused-ring (bicyclic) bond motifs is 2. The van der Waals surface area contributed by atoms with E-state index in [4.69, 9.17) is 9.47 Å². The van der Waals surface area contributed by atoms with Gasteiger partial charge in [-0.15, -0.1) is 0 Å². The number of carbonyl (C=O) groups is 1. The quantitative estimate of drug-likeness (QED) is 0.789. The predicted octanol–water partition coefficient (Wildman–Crippen LogP) is 3.79. The minimum atomic E-state index is -0.0658. The van der Waals surface area contributed by atoms with E-state index >= 15 is 0 Å². The summed E-state index contributed by atoms with van der Waals surface area (Å²) in [6.45, 7) is 0.821. The highest BCUT2D eigenvalue weighted by Gasteiger charge is 2.35. The van der Waals surface area contributed by atoms with Crippen molar-refractivity contribution in [2.75, 3.05) is 7.11 Å². The molecule has 3 aliphatic carbocycles. The lowest BCUT2D eigenvalue weighted by Gasteiger charge is -2.13. The molecule has 1 saturated carbocycles. The van der Waals surface area contributed by atoms with Crippen LogP contribution in [0.25, 0.3) is 0 Å². The van der Waals surface area contributed by atoms with Gasteiger partial charge in [-0.3, -0.25) is 9.78 Å². The highest BCUT2D eigenvalue weighted by atomic mass is 16.5. The maximum absolute atomic E-state index is 12.7. The Morgan fingerprint density at radius 1 is 1.21 bits per heavy atom. The molecule has 1 fully saturated rings. The predicted molar refractivity (Wildman–Crippen MR) is 109 cm³/mol. The van der Waals surface area contributed by atoms with Crippen molar-refractivity contribution in [2.45, 2.75) is 19.6 Å². The van der Waals surface area contributed by atoms with E-state index in [-0.39, 0.29) is 5.91 Å². The first-order valence-electron chi connectivity index (χ1n) is 9.56. The van der Waals surface area contributed by atoms with Crippen LogP contribution in [0.1, 0.15) is 17.5 Å². The van der Waals surface area contributed by atoms with Gasteiger partial charge in [0.25, 0.3) is 5.91 Å². The Bertz CT molecular complexity index is 1120. The number of benzene rings is 1. The number of ether oxygens (including phenoxy) is 2. The Balaban J connectivity index is 1.24. The van der Waals surface area contributed by atoms with E-state index in [0.717, 1.165) is 28.7 Å². The number of methoxy groups -OCH3 is 1. The molecule has 0 radical (unpaired) electrons.